The molecule has 0 amide bonds. The van der Waals surface area contributed by atoms with E-state index in [2.05, 4.69) is 9.97 Å². The smallest absolute Gasteiger partial charge is 0.387 e. The number of aromatic nitrogens is 2. The highest BCUT2D eigenvalue weighted by Crippen LogP contribution is 2.42. The number of para-hydroxylation sites is 2. The molecular weight excluding hydrogens is 664 g/mol. The highest BCUT2D eigenvalue weighted by Gasteiger charge is 2.40. The molecule has 256 valence electrons. The summed E-state index contributed by atoms with van der Waals surface area (Å²) in [6.45, 7) is -1.24. The van der Waals surface area contributed by atoms with Crippen molar-refractivity contribution in [3.63, 3.8) is 0 Å². The standard InChI is InChI=1S/C29H24F12N4O2/c1-44(2)9-10-45(25(47)17-12-22(29(39,40)41)43-24-15(17)6-4-8-19(24)27(33,34)35)13-20(46)16-11-21(28(36,37)38)42-23-14(16)5-3-7-18(23)26(30,31)32/h3-8,11-12,20,25,46-47H,9-10,13H2,1-2H3. The molecule has 0 aliphatic carbocycles. The molecule has 47 heavy (non-hydrogen) atoms. The molecule has 0 bridgehead atoms. The number of nitrogens with zero attached hydrogens (tertiary/aromatic N) is 4. The fourth-order valence-electron chi connectivity index (χ4n) is 4.95. The number of aliphatic hydroxyl groups is 2. The molecule has 2 N–H and O–H groups in total. The summed E-state index contributed by atoms with van der Waals surface area (Å²) < 4.78 is 165. The second kappa shape index (κ2) is 12.7. The predicted octanol–water partition coefficient (Wildman–Crippen LogP) is 7.45. The first-order valence-corrected chi connectivity index (χ1v) is 13.4. The molecule has 0 saturated heterocycles. The van der Waals surface area contributed by atoms with Gasteiger partial charge in [-0.05, 0) is 43.9 Å². The van der Waals surface area contributed by atoms with Gasteiger partial charge in [-0.25, -0.2) is 9.97 Å². The van der Waals surface area contributed by atoms with Gasteiger partial charge in [0.15, 0.2) is 0 Å². The predicted molar refractivity (Wildman–Crippen MR) is 144 cm³/mol. The highest BCUT2D eigenvalue weighted by molar-refractivity contribution is 5.87. The van der Waals surface area contributed by atoms with Crippen LogP contribution in [0.4, 0.5) is 52.7 Å². The van der Waals surface area contributed by atoms with Gasteiger partial charge >= 0.3 is 24.7 Å². The first-order valence-electron chi connectivity index (χ1n) is 13.4. The molecule has 2 aromatic heterocycles. The molecule has 2 heterocycles. The van der Waals surface area contributed by atoms with Crippen LogP contribution in [0.15, 0.2) is 48.5 Å². The monoisotopic (exact) mass is 688 g/mol. The van der Waals surface area contributed by atoms with E-state index in [0.29, 0.717) is 24.3 Å². The number of alkyl halides is 12. The molecule has 0 aliphatic heterocycles. The van der Waals surface area contributed by atoms with Crippen LogP contribution in [0, 0.1) is 0 Å². The third-order valence-corrected chi connectivity index (χ3v) is 7.16. The van der Waals surface area contributed by atoms with Crippen LogP contribution in [0.1, 0.15) is 46.0 Å². The average Bonchev–Trinajstić information content (AvgIpc) is 2.94. The van der Waals surface area contributed by atoms with E-state index in [1.807, 2.05) is 0 Å². The first kappa shape index (κ1) is 36.1. The largest absolute Gasteiger partial charge is 0.433 e. The number of aliphatic hydroxyl groups excluding tert-OH is 2. The van der Waals surface area contributed by atoms with Gasteiger partial charge in [0.2, 0.25) is 0 Å². The summed E-state index contributed by atoms with van der Waals surface area (Å²) in [7, 11) is 3.07. The molecule has 2 atom stereocenters. The first-order chi connectivity index (χ1) is 21.5. The molecule has 4 aromatic rings. The molecule has 2 aromatic carbocycles. The van der Waals surface area contributed by atoms with Crippen LogP contribution in [0.25, 0.3) is 21.8 Å². The number of rotatable bonds is 8. The Morgan fingerprint density at radius 2 is 1.04 bits per heavy atom. The topological polar surface area (TPSA) is 72.7 Å². The van der Waals surface area contributed by atoms with Crippen molar-refractivity contribution in [1.82, 2.24) is 19.8 Å². The highest BCUT2D eigenvalue weighted by atomic mass is 19.4. The minimum Gasteiger partial charge on any atom is -0.387 e. The van der Waals surface area contributed by atoms with E-state index in [1.54, 1.807) is 0 Å². The lowest BCUT2D eigenvalue weighted by Gasteiger charge is -2.32. The van der Waals surface area contributed by atoms with Crippen LogP contribution in [0.3, 0.4) is 0 Å². The van der Waals surface area contributed by atoms with Gasteiger partial charge in [-0.3, -0.25) is 4.90 Å². The minimum atomic E-state index is -5.28. The second-order valence-electron chi connectivity index (χ2n) is 10.8. The Morgan fingerprint density at radius 1 is 0.617 bits per heavy atom. The number of halogens is 12. The molecule has 2 unspecified atom stereocenters. The Morgan fingerprint density at radius 3 is 1.45 bits per heavy atom. The maximum absolute atomic E-state index is 13.8. The van der Waals surface area contributed by atoms with Crippen molar-refractivity contribution in [2.24, 2.45) is 0 Å². The number of hydrogen-bond donors (Lipinski definition) is 2. The average molecular weight is 689 g/mol. The number of benzene rings is 2. The molecule has 6 nitrogen and oxygen atoms in total. The summed E-state index contributed by atoms with van der Waals surface area (Å²) in [5.41, 5.74) is -10.4. The molecule has 0 fully saturated rings. The van der Waals surface area contributed by atoms with E-state index in [9.17, 15) is 62.9 Å². The number of pyridine rings is 2. The van der Waals surface area contributed by atoms with Crippen LogP contribution in [0.5, 0.6) is 0 Å². The zero-order valence-corrected chi connectivity index (χ0v) is 24.1. The molecule has 0 radical (unpaired) electrons. The van der Waals surface area contributed by atoms with Gasteiger partial charge in [-0.1, -0.05) is 24.3 Å². The lowest BCUT2D eigenvalue weighted by atomic mass is 9.98. The third kappa shape index (κ3) is 7.88. The zero-order valence-electron chi connectivity index (χ0n) is 24.1. The summed E-state index contributed by atoms with van der Waals surface area (Å²) in [5, 5.41) is 21.5. The fourth-order valence-corrected chi connectivity index (χ4v) is 4.95. The van der Waals surface area contributed by atoms with Crippen LogP contribution < -0.4 is 0 Å². The van der Waals surface area contributed by atoms with Crippen LogP contribution in [-0.4, -0.2) is 63.7 Å². The maximum atomic E-state index is 13.8. The Labute approximate surface area is 257 Å². The number of hydrogen-bond acceptors (Lipinski definition) is 6. The third-order valence-electron chi connectivity index (χ3n) is 7.16. The Bertz CT molecular complexity index is 1750. The van der Waals surface area contributed by atoms with E-state index < -0.39 is 99.0 Å². The van der Waals surface area contributed by atoms with Gasteiger partial charge in [0.25, 0.3) is 0 Å². The summed E-state index contributed by atoms with van der Waals surface area (Å²) in [4.78, 5) is 8.68. The molecule has 0 aliphatic rings. The number of likely N-dealkylation sites (N-methyl/N-ethyl adjacent to an activating group) is 1. The summed E-state index contributed by atoms with van der Waals surface area (Å²) in [6.07, 6.45) is -25.2. The molecule has 4 rings (SSSR count). The Kier molecular flexibility index (Phi) is 9.76. The summed E-state index contributed by atoms with van der Waals surface area (Å²) in [5.74, 6) is 0. The van der Waals surface area contributed by atoms with Gasteiger partial charge in [-0.2, -0.15) is 52.7 Å². The quantitative estimate of drug-likeness (QED) is 0.148. The molecular formula is C29H24F12N4O2. The lowest BCUT2D eigenvalue weighted by Crippen LogP contribution is -2.38. The van der Waals surface area contributed by atoms with Crippen molar-refractivity contribution in [1.29, 1.82) is 0 Å². The van der Waals surface area contributed by atoms with Gasteiger partial charge in [0.05, 0.1) is 28.3 Å². The van der Waals surface area contributed by atoms with E-state index in [-0.39, 0.29) is 13.1 Å². The Balaban J connectivity index is 1.90. The fraction of sp³-hybridized carbons (Fsp3) is 0.379. The van der Waals surface area contributed by atoms with Crippen molar-refractivity contribution >= 4 is 21.8 Å². The van der Waals surface area contributed by atoms with Gasteiger partial charge < -0.3 is 15.1 Å². The van der Waals surface area contributed by atoms with E-state index in [0.717, 1.165) is 29.2 Å². The van der Waals surface area contributed by atoms with Crippen molar-refractivity contribution in [3.8, 4) is 0 Å². The maximum Gasteiger partial charge on any atom is 0.433 e. The molecule has 0 saturated carbocycles. The van der Waals surface area contributed by atoms with Crippen LogP contribution >= 0.6 is 0 Å². The van der Waals surface area contributed by atoms with Crippen LogP contribution in [0.2, 0.25) is 0 Å². The minimum absolute atomic E-state index is 0.00413. The molecule has 0 spiro atoms. The summed E-state index contributed by atoms with van der Waals surface area (Å²) in [6, 6.07) is 5.28. The van der Waals surface area contributed by atoms with Crippen molar-refractivity contribution in [3.05, 3.63) is 82.2 Å². The van der Waals surface area contributed by atoms with Crippen molar-refractivity contribution in [2.75, 3.05) is 33.7 Å². The zero-order chi connectivity index (χ0) is 35.3. The van der Waals surface area contributed by atoms with Gasteiger partial charge in [0, 0.05) is 36.0 Å². The normalized spacial score (nSPS) is 14.9. The van der Waals surface area contributed by atoms with E-state index in [1.165, 1.54) is 19.0 Å². The second-order valence-corrected chi connectivity index (χ2v) is 10.8. The summed E-state index contributed by atoms with van der Waals surface area (Å²) >= 11 is 0. The molecule has 18 heteroatoms. The Hall–Kier alpha value is -3.74. The SMILES string of the molecule is CN(C)CCN(CC(O)c1cc(C(F)(F)F)nc2c(C(F)(F)F)cccc12)C(O)c1cc(C(F)(F)F)nc2c(C(F)(F)F)cccc12. The lowest BCUT2D eigenvalue weighted by molar-refractivity contribution is -0.142. The van der Waals surface area contributed by atoms with E-state index >= 15 is 0 Å². The van der Waals surface area contributed by atoms with Crippen LogP contribution in [-0.2, 0) is 24.7 Å². The van der Waals surface area contributed by atoms with Gasteiger partial charge in [0.1, 0.15) is 17.6 Å². The van der Waals surface area contributed by atoms with Crippen molar-refractivity contribution < 1.29 is 62.9 Å². The van der Waals surface area contributed by atoms with Gasteiger partial charge in [-0.15, -0.1) is 0 Å². The van der Waals surface area contributed by atoms with E-state index in [4.69, 9.17) is 0 Å². The van der Waals surface area contributed by atoms with Crippen molar-refractivity contribution in [2.45, 2.75) is 37.0 Å². The number of fused-ring (bicyclic) bond motifs is 2.